The number of amides is 3. The first-order valence-corrected chi connectivity index (χ1v) is 7.23. The Morgan fingerprint density at radius 3 is 2.64 bits per heavy atom. The molecule has 0 spiro atoms. The van der Waals surface area contributed by atoms with Gasteiger partial charge >= 0.3 is 6.03 Å². The molecule has 0 radical (unpaired) electrons. The van der Waals surface area contributed by atoms with Crippen LogP contribution in [0.15, 0.2) is 47.6 Å². The molecule has 2 aromatic rings. The molecule has 22 heavy (non-hydrogen) atoms. The molecule has 0 bridgehead atoms. The van der Waals surface area contributed by atoms with Gasteiger partial charge in [-0.15, -0.1) is 5.01 Å². The quantitative estimate of drug-likeness (QED) is 0.699. The second-order valence-electron chi connectivity index (χ2n) is 5.55. The number of urea groups is 1. The minimum absolute atomic E-state index is 0.323. The predicted octanol–water partition coefficient (Wildman–Crippen LogP) is 2.89. The van der Waals surface area contributed by atoms with Crippen LogP contribution in [0.25, 0.3) is 10.8 Å². The second-order valence-corrected chi connectivity index (χ2v) is 5.55. The summed E-state index contributed by atoms with van der Waals surface area (Å²) in [7, 11) is 0. The van der Waals surface area contributed by atoms with Crippen molar-refractivity contribution in [3.8, 4) is 0 Å². The molecule has 3 rings (SSSR count). The second kappa shape index (κ2) is 5.26. The number of carbonyl (C=O) groups excluding carboxylic acids is 2. The Kier molecular flexibility index (Phi) is 3.41. The van der Waals surface area contributed by atoms with Crippen molar-refractivity contribution in [1.82, 2.24) is 10.3 Å². The molecular formula is C17H17N3O2. The largest absolute Gasteiger partial charge is 0.346 e. The third-order valence-electron chi connectivity index (χ3n) is 4.08. The van der Waals surface area contributed by atoms with E-state index in [-0.39, 0.29) is 5.91 Å². The van der Waals surface area contributed by atoms with E-state index in [1.807, 2.05) is 49.4 Å². The van der Waals surface area contributed by atoms with Crippen molar-refractivity contribution in [3.63, 3.8) is 0 Å². The highest BCUT2D eigenvalue weighted by molar-refractivity contribution is 6.08. The number of rotatable bonds is 3. The van der Waals surface area contributed by atoms with Crippen molar-refractivity contribution in [3.05, 3.63) is 48.0 Å². The average Bonchev–Trinajstić information content (AvgIpc) is 2.75. The molecular weight excluding hydrogens is 278 g/mol. The Labute approximate surface area is 128 Å². The molecule has 3 amide bonds. The first kappa shape index (κ1) is 14.3. The van der Waals surface area contributed by atoms with Gasteiger partial charge in [-0.2, -0.15) is 5.10 Å². The van der Waals surface area contributed by atoms with Crippen LogP contribution in [0, 0.1) is 0 Å². The van der Waals surface area contributed by atoms with E-state index in [0.717, 1.165) is 21.3 Å². The minimum atomic E-state index is -0.868. The summed E-state index contributed by atoms with van der Waals surface area (Å²) in [6.45, 7) is 3.57. The molecule has 1 aliphatic rings. The van der Waals surface area contributed by atoms with Crippen molar-refractivity contribution >= 4 is 28.9 Å². The average molecular weight is 295 g/mol. The minimum Gasteiger partial charge on any atom is -0.322 e. The van der Waals surface area contributed by atoms with Crippen LogP contribution in [0.2, 0.25) is 0 Å². The Hall–Kier alpha value is -2.69. The van der Waals surface area contributed by atoms with E-state index < -0.39 is 11.6 Å². The molecule has 112 valence electrons. The van der Waals surface area contributed by atoms with Gasteiger partial charge < -0.3 is 5.32 Å². The molecule has 1 fully saturated rings. The highest BCUT2D eigenvalue weighted by Crippen LogP contribution is 2.22. The molecule has 2 aromatic carbocycles. The summed E-state index contributed by atoms with van der Waals surface area (Å²) < 4.78 is 0. The standard InChI is InChI=1S/C17H17N3O2/c1-3-17(2)15(21)20(16(22)19-17)18-11-13-9-6-8-12-7-4-5-10-14(12)13/h4-11H,3H2,1-2H3,(H,19,22)/b18-11-/t17-/m0/s1. The summed E-state index contributed by atoms with van der Waals surface area (Å²) in [5, 5.41) is 9.79. The number of imide groups is 1. The van der Waals surface area contributed by atoms with Crippen LogP contribution in [0.1, 0.15) is 25.8 Å². The zero-order chi connectivity index (χ0) is 15.7. The van der Waals surface area contributed by atoms with Gasteiger partial charge in [-0.05, 0) is 24.1 Å². The highest BCUT2D eigenvalue weighted by atomic mass is 16.2. The maximum absolute atomic E-state index is 12.3. The predicted molar refractivity (Wildman–Crippen MR) is 85.6 cm³/mol. The lowest BCUT2D eigenvalue weighted by Gasteiger charge is -2.17. The molecule has 1 aliphatic heterocycles. The first-order valence-electron chi connectivity index (χ1n) is 7.23. The maximum atomic E-state index is 12.3. The summed E-state index contributed by atoms with van der Waals surface area (Å²) >= 11 is 0. The number of benzene rings is 2. The third-order valence-corrected chi connectivity index (χ3v) is 4.08. The normalized spacial score (nSPS) is 21.8. The number of nitrogens with zero attached hydrogens (tertiary/aromatic N) is 2. The van der Waals surface area contributed by atoms with Crippen molar-refractivity contribution in [2.45, 2.75) is 25.8 Å². The van der Waals surface area contributed by atoms with Gasteiger partial charge in [-0.3, -0.25) is 4.79 Å². The molecule has 5 nitrogen and oxygen atoms in total. The molecule has 0 unspecified atom stereocenters. The van der Waals surface area contributed by atoms with Gasteiger partial charge in [0.2, 0.25) is 0 Å². The fraction of sp³-hybridized carbons (Fsp3) is 0.235. The first-order chi connectivity index (χ1) is 10.5. The van der Waals surface area contributed by atoms with E-state index >= 15 is 0 Å². The van der Waals surface area contributed by atoms with Gasteiger partial charge in [0.05, 0.1) is 6.21 Å². The van der Waals surface area contributed by atoms with Crippen molar-refractivity contribution in [2.24, 2.45) is 5.10 Å². The fourth-order valence-electron chi connectivity index (χ4n) is 2.50. The molecule has 1 N–H and O–H groups in total. The van der Waals surface area contributed by atoms with Gasteiger partial charge in [-0.25, -0.2) is 4.79 Å². The topological polar surface area (TPSA) is 61.8 Å². The zero-order valence-electron chi connectivity index (χ0n) is 12.5. The van der Waals surface area contributed by atoms with Gasteiger partial charge in [0.25, 0.3) is 5.91 Å². The SMILES string of the molecule is CC[C@]1(C)NC(=O)N(/N=C\c2cccc3ccccc23)C1=O. The van der Waals surface area contributed by atoms with E-state index in [0.29, 0.717) is 6.42 Å². The number of hydrazone groups is 1. The van der Waals surface area contributed by atoms with Gasteiger partial charge in [0.15, 0.2) is 0 Å². The van der Waals surface area contributed by atoms with Crippen LogP contribution in [-0.4, -0.2) is 28.7 Å². The summed E-state index contributed by atoms with van der Waals surface area (Å²) in [5.74, 6) is -0.323. The monoisotopic (exact) mass is 295 g/mol. The Morgan fingerprint density at radius 1 is 1.18 bits per heavy atom. The molecule has 1 atom stereocenters. The van der Waals surface area contributed by atoms with Crippen LogP contribution in [0.3, 0.4) is 0 Å². The summed E-state index contributed by atoms with van der Waals surface area (Å²) in [6.07, 6.45) is 2.08. The number of carbonyl (C=O) groups is 2. The lowest BCUT2D eigenvalue weighted by molar-refractivity contribution is -0.130. The zero-order valence-corrected chi connectivity index (χ0v) is 12.5. The smallest absolute Gasteiger partial charge is 0.322 e. The van der Waals surface area contributed by atoms with Crippen LogP contribution in [0.4, 0.5) is 4.79 Å². The summed E-state index contributed by atoms with van der Waals surface area (Å²) in [5.41, 5.74) is -0.00325. The van der Waals surface area contributed by atoms with Crippen LogP contribution >= 0.6 is 0 Å². The fourth-order valence-corrected chi connectivity index (χ4v) is 2.50. The van der Waals surface area contributed by atoms with Crippen LogP contribution in [0.5, 0.6) is 0 Å². The summed E-state index contributed by atoms with van der Waals surface area (Å²) in [4.78, 5) is 24.2. The number of hydrogen-bond donors (Lipinski definition) is 1. The van der Waals surface area contributed by atoms with Crippen molar-refractivity contribution in [1.29, 1.82) is 0 Å². The van der Waals surface area contributed by atoms with Crippen LogP contribution in [-0.2, 0) is 4.79 Å². The number of hydrogen-bond acceptors (Lipinski definition) is 3. The summed E-state index contributed by atoms with van der Waals surface area (Å²) in [6, 6.07) is 13.3. The van der Waals surface area contributed by atoms with Gasteiger partial charge in [0, 0.05) is 5.56 Å². The molecule has 0 aliphatic carbocycles. The van der Waals surface area contributed by atoms with E-state index in [9.17, 15) is 9.59 Å². The highest BCUT2D eigenvalue weighted by Gasteiger charge is 2.46. The van der Waals surface area contributed by atoms with Crippen molar-refractivity contribution in [2.75, 3.05) is 0 Å². The number of nitrogens with one attached hydrogen (secondary N) is 1. The molecule has 1 heterocycles. The number of fused-ring (bicyclic) bond motifs is 1. The molecule has 0 aromatic heterocycles. The van der Waals surface area contributed by atoms with Gasteiger partial charge in [-0.1, -0.05) is 49.4 Å². The van der Waals surface area contributed by atoms with E-state index in [4.69, 9.17) is 0 Å². The van der Waals surface area contributed by atoms with E-state index in [1.165, 1.54) is 0 Å². The maximum Gasteiger partial charge on any atom is 0.346 e. The lowest BCUT2D eigenvalue weighted by Crippen LogP contribution is -2.42. The molecule has 1 saturated heterocycles. The Bertz CT molecular complexity index is 779. The molecule has 0 saturated carbocycles. The van der Waals surface area contributed by atoms with E-state index in [2.05, 4.69) is 10.4 Å². The Morgan fingerprint density at radius 2 is 1.91 bits per heavy atom. The van der Waals surface area contributed by atoms with E-state index in [1.54, 1.807) is 13.1 Å². The third kappa shape index (κ3) is 2.24. The van der Waals surface area contributed by atoms with Crippen molar-refractivity contribution < 1.29 is 9.59 Å². The Balaban J connectivity index is 1.94. The molecule has 5 heteroatoms. The van der Waals surface area contributed by atoms with Gasteiger partial charge in [0.1, 0.15) is 5.54 Å². The lowest BCUT2D eigenvalue weighted by atomic mass is 10.00. The van der Waals surface area contributed by atoms with Crippen LogP contribution < -0.4 is 5.32 Å².